The van der Waals surface area contributed by atoms with E-state index in [9.17, 15) is 4.79 Å². The second-order valence-electron chi connectivity index (χ2n) is 6.73. The molecule has 0 bridgehead atoms. The van der Waals surface area contributed by atoms with E-state index in [0.717, 1.165) is 18.3 Å². The fraction of sp³-hybridized carbons (Fsp3) is 0.850. The monoisotopic (exact) mass is 352 g/mol. The summed E-state index contributed by atoms with van der Waals surface area (Å²) >= 11 is 0. The summed E-state index contributed by atoms with van der Waals surface area (Å²) in [6.45, 7) is 6.09. The van der Waals surface area contributed by atoms with Crippen LogP contribution in [0.1, 0.15) is 91.4 Å². The van der Waals surface area contributed by atoms with Gasteiger partial charge in [-0.25, -0.2) is 0 Å². The summed E-state index contributed by atoms with van der Waals surface area (Å²) in [5, 5.41) is 0. The van der Waals surface area contributed by atoms with Gasteiger partial charge in [0.25, 0.3) is 0 Å². The summed E-state index contributed by atoms with van der Waals surface area (Å²) in [6, 6.07) is 0. The molecule has 134 valence electrons. The Morgan fingerprint density at radius 3 is 1.68 bits per heavy atom. The van der Waals surface area contributed by atoms with Crippen LogP contribution in [0.4, 0.5) is 0 Å². The molecule has 0 aliphatic heterocycles. The first-order valence-electron chi connectivity index (χ1n) is 8.65. The topological polar surface area (TPSA) is 17.1 Å². The zero-order chi connectivity index (χ0) is 14.1. The summed E-state index contributed by atoms with van der Waals surface area (Å²) in [6.07, 6.45) is 15.5. The van der Waals surface area contributed by atoms with Crippen molar-refractivity contribution in [3.05, 3.63) is 14.9 Å². The Balaban J connectivity index is -0.000000388. The van der Waals surface area contributed by atoms with Crippen molar-refractivity contribution < 1.29 is 21.9 Å². The van der Waals surface area contributed by atoms with Gasteiger partial charge in [-0.1, -0.05) is 78.1 Å². The van der Waals surface area contributed by atoms with E-state index < -0.39 is 0 Å². The van der Waals surface area contributed by atoms with Crippen LogP contribution in [0.5, 0.6) is 0 Å². The van der Waals surface area contributed by atoms with Crippen LogP contribution >= 0.6 is 0 Å². The van der Waals surface area contributed by atoms with Crippen molar-refractivity contribution in [3.8, 4) is 0 Å². The van der Waals surface area contributed by atoms with Crippen LogP contribution in [-0.2, 0) is 21.9 Å². The molecule has 0 radical (unpaired) electrons. The predicted molar refractivity (Wildman–Crippen MR) is 96.1 cm³/mol. The number of carbonyl (C=O) groups excluding carboxylic acids is 1. The van der Waals surface area contributed by atoms with Crippen molar-refractivity contribution in [2.24, 2.45) is 17.8 Å². The van der Waals surface area contributed by atoms with Gasteiger partial charge >= 0.3 is 17.1 Å². The van der Waals surface area contributed by atoms with Crippen LogP contribution in [0.3, 0.4) is 0 Å². The SMILES string of the molecule is C1CCCC1.CCC(CC(C)C(C)=O)C1CCCC1.[CH3-].[CH3-].[Fe+2]. The van der Waals surface area contributed by atoms with Gasteiger partial charge in [0.2, 0.25) is 0 Å². The predicted octanol–water partition coefficient (Wildman–Crippen LogP) is 6.67. The molecular formula is C20H40FeO. The Labute approximate surface area is 151 Å². The van der Waals surface area contributed by atoms with Crippen LogP contribution < -0.4 is 0 Å². The van der Waals surface area contributed by atoms with E-state index in [-0.39, 0.29) is 37.8 Å². The maximum atomic E-state index is 11.2. The van der Waals surface area contributed by atoms with Gasteiger partial charge in [0.15, 0.2) is 0 Å². The van der Waals surface area contributed by atoms with Gasteiger partial charge in [0.1, 0.15) is 5.78 Å². The Kier molecular flexibility index (Phi) is 19.8. The molecule has 0 N–H and O–H groups in total. The molecule has 0 saturated heterocycles. The van der Waals surface area contributed by atoms with Gasteiger partial charge in [0, 0.05) is 5.92 Å². The van der Waals surface area contributed by atoms with E-state index in [4.69, 9.17) is 0 Å². The van der Waals surface area contributed by atoms with Gasteiger partial charge in [-0.3, -0.25) is 4.79 Å². The van der Waals surface area contributed by atoms with Gasteiger partial charge in [-0.15, -0.1) is 0 Å². The molecule has 2 heteroatoms. The molecule has 22 heavy (non-hydrogen) atoms. The molecule has 2 saturated carbocycles. The van der Waals surface area contributed by atoms with E-state index in [1.807, 2.05) is 0 Å². The zero-order valence-electron chi connectivity index (χ0n) is 15.8. The average Bonchev–Trinajstić information content (AvgIpc) is 3.09. The molecule has 2 aliphatic carbocycles. The number of hydrogen-bond donors (Lipinski definition) is 0. The van der Waals surface area contributed by atoms with E-state index in [1.165, 1.54) is 64.2 Å². The fourth-order valence-corrected chi connectivity index (χ4v) is 3.63. The normalized spacial score (nSPS) is 19.6. The second-order valence-corrected chi connectivity index (χ2v) is 6.73. The number of carbonyl (C=O) groups is 1. The summed E-state index contributed by atoms with van der Waals surface area (Å²) in [4.78, 5) is 11.2. The van der Waals surface area contributed by atoms with Crippen LogP contribution in [0.2, 0.25) is 0 Å². The zero-order valence-corrected chi connectivity index (χ0v) is 16.9. The van der Waals surface area contributed by atoms with Crippen LogP contribution in [0.25, 0.3) is 0 Å². The molecule has 0 aromatic carbocycles. The van der Waals surface area contributed by atoms with Gasteiger partial charge in [0.05, 0.1) is 0 Å². The first-order chi connectivity index (χ1) is 9.15. The molecule has 0 amide bonds. The van der Waals surface area contributed by atoms with E-state index in [1.54, 1.807) is 6.92 Å². The molecule has 2 aliphatic rings. The number of Topliss-reactive ketones (excluding diaryl/α,β-unsaturated/α-hetero) is 1. The minimum atomic E-state index is 0. The summed E-state index contributed by atoms with van der Waals surface area (Å²) < 4.78 is 0. The second kappa shape index (κ2) is 16.1. The molecule has 0 aromatic rings. The van der Waals surface area contributed by atoms with E-state index in [2.05, 4.69) is 13.8 Å². The molecule has 2 rings (SSSR count). The smallest absolute Gasteiger partial charge is 0.358 e. The van der Waals surface area contributed by atoms with Crippen molar-refractivity contribution in [2.75, 3.05) is 0 Å². The average molecular weight is 352 g/mol. The summed E-state index contributed by atoms with van der Waals surface area (Å²) in [5.41, 5.74) is 0. The molecule has 0 heterocycles. The van der Waals surface area contributed by atoms with Crippen molar-refractivity contribution in [1.29, 1.82) is 0 Å². The first kappa shape index (κ1) is 27.1. The van der Waals surface area contributed by atoms with Gasteiger partial charge < -0.3 is 14.9 Å². The first-order valence-corrected chi connectivity index (χ1v) is 8.65. The number of ketones is 1. The Morgan fingerprint density at radius 1 is 0.955 bits per heavy atom. The third-order valence-electron chi connectivity index (χ3n) is 5.19. The van der Waals surface area contributed by atoms with Crippen molar-refractivity contribution in [3.63, 3.8) is 0 Å². The third kappa shape index (κ3) is 10.8. The van der Waals surface area contributed by atoms with Crippen LogP contribution in [0.15, 0.2) is 0 Å². The molecular weight excluding hydrogens is 312 g/mol. The third-order valence-corrected chi connectivity index (χ3v) is 5.19. The number of rotatable bonds is 5. The van der Waals surface area contributed by atoms with Crippen LogP contribution in [-0.4, -0.2) is 5.78 Å². The van der Waals surface area contributed by atoms with Crippen molar-refractivity contribution >= 4 is 5.78 Å². The largest absolute Gasteiger partial charge is 2.00 e. The molecule has 1 nitrogen and oxygen atoms in total. The maximum Gasteiger partial charge on any atom is 2.00 e. The quantitative estimate of drug-likeness (QED) is 0.399. The maximum absolute atomic E-state index is 11.2. The minimum absolute atomic E-state index is 0. The fourth-order valence-electron chi connectivity index (χ4n) is 3.63. The molecule has 0 spiro atoms. The molecule has 2 unspecified atom stereocenters. The Morgan fingerprint density at radius 2 is 1.36 bits per heavy atom. The Bertz CT molecular complexity index is 234. The summed E-state index contributed by atoms with van der Waals surface area (Å²) in [5.74, 6) is 2.36. The van der Waals surface area contributed by atoms with E-state index >= 15 is 0 Å². The molecule has 2 fully saturated rings. The number of hydrogen-bond acceptors (Lipinski definition) is 1. The summed E-state index contributed by atoms with van der Waals surface area (Å²) in [7, 11) is 0. The standard InChI is InChI=1S/C13H24O.C5H10.2CH3.Fe/c1-4-12(9-10(2)11(3)14)13-7-5-6-8-13;1-2-4-5-3-1;;;/h10,12-13H,4-9H2,1-3H3;1-5H2;2*1H3;/q;;2*-1;+2. The molecule has 0 aromatic heterocycles. The van der Waals surface area contributed by atoms with Gasteiger partial charge in [-0.2, -0.15) is 0 Å². The Hall–Kier alpha value is 0.189. The van der Waals surface area contributed by atoms with Gasteiger partial charge in [-0.05, 0) is 25.2 Å². The van der Waals surface area contributed by atoms with Crippen LogP contribution in [0, 0.1) is 32.6 Å². The molecule has 2 atom stereocenters. The minimum Gasteiger partial charge on any atom is -0.358 e. The van der Waals surface area contributed by atoms with Crippen molar-refractivity contribution in [2.45, 2.75) is 91.4 Å². The van der Waals surface area contributed by atoms with E-state index in [0.29, 0.717) is 5.78 Å². The van der Waals surface area contributed by atoms with Crippen molar-refractivity contribution in [1.82, 2.24) is 0 Å².